The van der Waals surface area contributed by atoms with Gasteiger partial charge in [0.2, 0.25) is 0 Å². The van der Waals surface area contributed by atoms with Gasteiger partial charge in [-0.05, 0) is 43.3 Å². The molecular formula is C16H14FN3O5. The standard InChI is InChI=1S/C16H14FN3O5/c1-2-25-14-8-5-11(9-13(14)20(23)24)16(22)19-18-15(21)10-3-6-12(17)7-4-10/h3-9H,2H2,1H3,(H,18,21)(H,19,22). The zero-order valence-corrected chi connectivity index (χ0v) is 13.1. The summed E-state index contributed by atoms with van der Waals surface area (Å²) in [4.78, 5) is 34.2. The van der Waals surface area contributed by atoms with Crippen molar-refractivity contribution in [3.05, 3.63) is 69.5 Å². The van der Waals surface area contributed by atoms with Gasteiger partial charge in [0.05, 0.1) is 11.5 Å². The number of carbonyl (C=O) groups is 2. The van der Waals surface area contributed by atoms with E-state index in [1.165, 1.54) is 24.3 Å². The monoisotopic (exact) mass is 347 g/mol. The Morgan fingerprint density at radius 2 is 1.64 bits per heavy atom. The van der Waals surface area contributed by atoms with E-state index in [2.05, 4.69) is 10.9 Å². The van der Waals surface area contributed by atoms with Gasteiger partial charge in [-0.25, -0.2) is 4.39 Å². The number of carbonyl (C=O) groups excluding carboxylic acids is 2. The Balaban J connectivity index is 2.07. The van der Waals surface area contributed by atoms with Crippen molar-refractivity contribution >= 4 is 17.5 Å². The number of nitro groups is 1. The van der Waals surface area contributed by atoms with E-state index < -0.39 is 22.6 Å². The van der Waals surface area contributed by atoms with Crippen LogP contribution in [0, 0.1) is 15.9 Å². The molecule has 2 rings (SSSR count). The first-order valence-electron chi connectivity index (χ1n) is 7.20. The summed E-state index contributed by atoms with van der Waals surface area (Å²) < 4.78 is 17.9. The van der Waals surface area contributed by atoms with Gasteiger partial charge in [-0.1, -0.05) is 0 Å². The number of hydrazine groups is 1. The smallest absolute Gasteiger partial charge is 0.311 e. The Morgan fingerprint density at radius 1 is 1.08 bits per heavy atom. The van der Waals surface area contributed by atoms with Gasteiger partial charge in [0.15, 0.2) is 5.75 Å². The van der Waals surface area contributed by atoms with Gasteiger partial charge in [-0.2, -0.15) is 0 Å². The van der Waals surface area contributed by atoms with Crippen LogP contribution in [0.2, 0.25) is 0 Å². The quantitative estimate of drug-likeness (QED) is 0.636. The minimum atomic E-state index is -0.749. The molecule has 0 aliphatic heterocycles. The summed E-state index contributed by atoms with van der Waals surface area (Å²) in [7, 11) is 0. The van der Waals surface area contributed by atoms with Crippen LogP contribution in [0.4, 0.5) is 10.1 Å². The predicted octanol–water partition coefficient (Wildman–Crippen LogP) is 2.21. The number of halogens is 1. The van der Waals surface area contributed by atoms with Crippen molar-refractivity contribution in [3.8, 4) is 5.75 Å². The van der Waals surface area contributed by atoms with Crippen molar-refractivity contribution in [2.75, 3.05) is 6.61 Å². The molecule has 0 unspecified atom stereocenters. The van der Waals surface area contributed by atoms with Crippen molar-refractivity contribution in [1.29, 1.82) is 0 Å². The maximum atomic E-state index is 12.8. The summed E-state index contributed by atoms with van der Waals surface area (Å²) in [6, 6.07) is 8.39. The first-order valence-corrected chi connectivity index (χ1v) is 7.20. The number of nitro benzene ring substituents is 1. The van der Waals surface area contributed by atoms with Crippen LogP contribution in [0.3, 0.4) is 0 Å². The number of nitrogens with zero attached hydrogens (tertiary/aromatic N) is 1. The number of amides is 2. The van der Waals surface area contributed by atoms with E-state index in [0.29, 0.717) is 0 Å². The lowest BCUT2D eigenvalue weighted by Gasteiger charge is -2.09. The number of nitrogens with one attached hydrogen (secondary N) is 2. The van der Waals surface area contributed by atoms with E-state index >= 15 is 0 Å². The molecule has 2 N–H and O–H groups in total. The summed E-state index contributed by atoms with van der Waals surface area (Å²) in [6.07, 6.45) is 0. The van der Waals surface area contributed by atoms with Gasteiger partial charge in [0.1, 0.15) is 5.82 Å². The first-order chi connectivity index (χ1) is 11.9. The van der Waals surface area contributed by atoms with E-state index in [0.717, 1.165) is 18.2 Å². The molecule has 130 valence electrons. The number of rotatable bonds is 5. The molecule has 0 saturated carbocycles. The van der Waals surface area contributed by atoms with Crippen LogP contribution in [0.25, 0.3) is 0 Å². The fraction of sp³-hybridized carbons (Fsp3) is 0.125. The number of ether oxygens (including phenoxy) is 1. The zero-order valence-electron chi connectivity index (χ0n) is 13.1. The second kappa shape index (κ2) is 7.86. The summed E-state index contributed by atoms with van der Waals surface area (Å²) in [5.74, 6) is -1.86. The Bertz CT molecular complexity index is 808. The highest BCUT2D eigenvalue weighted by molar-refractivity contribution is 5.99. The molecule has 0 heterocycles. The molecule has 0 aliphatic carbocycles. The van der Waals surface area contributed by atoms with Crippen LogP contribution in [-0.4, -0.2) is 23.3 Å². The summed E-state index contributed by atoms with van der Waals surface area (Å²) in [6.45, 7) is 1.91. The molecule has 0 saturated heterocycles. The topological polar surface area (TPSA) is 111 Å². The van der Waals surface area contributed by atoms with E-state index in [1.807, 2.05) is 0 Å². The van der Waals surface area contributed by atoms with E-state index in [1.54, 1.807) is 6.92 Å². The van der Waals surface area contributed by atoms with Gasteiger partial charge in [0, 0.05) is 17.2 Å². The van der Waals surface area contributed by atoms with Crippen molar-refractivity contribution in [2.45, 2.75) is 6.92 Å². The van der Waals surface area contributed by atoms with Crippen LogP contribution in [0.15, 0.2) is 42.5 Å². The third-order valence-corrected chi connectivity index (χ3v) is 3.11. The van der Waals surface area contributed by atoms with E-state index in [4.69, 9.17) is 4.74 Å². The van der Waals surface area contributed by atoms with Crippen LogP contribution >= 0.6 is 0 Å². The molecule has 0 bridgehead atoms. The van der Waals surface area contributed by atoms with E-state index in [9.17, 15) is 24.1 Å². The molecule has 0 atom stereocenters. The highest BCUT2D eigenvalue weighted by Crippen LogP contribution is 2.27. The Morgan fingerprint density at radius 3 is 2.20 bits per heavy atom. The molecule has 0 aromatic heterocycles. The number of benzene rings is 2. The van der Waals surface area contributed by atoms with Crippen molar-refractivity contribution in [3.63, 3.8) is 0 Å². The number of hydrogen-bond acceptors (Lipinski definition) is 5. The maximum absolute atomic E-state index is 12.8. The fourth-order valence-corrected chi connectivity index (χ4v) is 1.94. The molecule has 2 amide bonds. The highest BCUT2D eigenvalue weighted by atomic mass is 19.1. The molecule has 2 aromatic rings. The largest absolute Gasteiger partial charge is 0.487 e. The Kier molecular flexibility index (Phi) is 5.62. The van der Waals surface area contributed by atoms with Crippen LogP contribution in [0.1, 0.15) is 27.6 Å². The minimum Gasteiger partial charge on any atom is -0.487 e. The molecule has 0 radical (unpaired) electrons. The zero-order chi connectivity index (χ0) is 18.4. The Hall–Kier alpha value is -3.49. The lowest BCUT2D eigenvalue weighted by molar-refractivity contribution is -0.385. The lowest BCUT2D eigenvalue weighted by Crippen LogP contribution is -2.41. The van der Waals surface area contributed by atoms with E-state index in [-0.39, 0.29) is 29.2 Å². The third-order valence-electron chi connectivity index (χ3n) is 3.11. The van der Waals surface area contributed by atoms with Crippen LogP contribution in [-0.2, 0) is 0 Å². The van der Waals surface area contributed by atoms with Gasteiger partial charge < -0.3 is 4.74 Å². The van der Waals surface area contributed by atoms with Gasteiger partial charge in [0.25, 0.3) is 11.8 Å². The SMILES string of the molecule is CCOc1ccc(C(=O)NNC(=O)c2ccc(F)cc2)cc1[N+](=O)[O-]. The second-order valence-electron chi connectivity index (χ2n) is 4.79. The van der Waals surface area contributed by atoms with Crippen molar-refractivity contribution in [1.82, 2.24) is 10.9 Å². The molecular weight excluding hydrogens is 333 g/mol. The molecule has 8 nitrogen and oxygen atoms in total. The van der Waals surface area contributed by atoms with Crippen LogP contribution in [0.5, 0.6) is 5.75 Å². The Labute approximate surface area is 141 Å². The normalized spacial score (nSPS) is 10.0. The molecule has 0 spiro atoms. The minimum absolute atomic E-state index is 0.0328. The molecule has 0 fully saturated rings. The predicted molar refractivity (Wildman–Crippen MR) is 85.6 cm³/mol. The molecule has 25 heavy (non-hydrogen) atoms. The van der Waals surface area contributed by atoms with Gasteiger partial charge >= 0.3 is 5.69 Å². The van der Waals surface area contributed by atoms with Gasteiger partial charge in [-0.3, -0.25) is 30.6 Å². The summed E-state index contributed by atoms with van der Waals surface area (Å²) in [5.41, 5.74) is 4.02. The second-order valence-corrected chi connectivity index (χ2v) is 4.79. The van der Waals surface area contributed by atoms with Crippen molar-refractivity contribution < 1.29 is 23.6 Å². The molecule has 0 aliphatic rings. The van der Waals surface area contributed by atoms with Gasteiger partial charge in [-0.15, -0.1) is 0 Å². The fourth-order valence-electron chi connectivity index (χ4n) is 1.94. The molecule has 2 aromatic carbocycles. The van der Waals surface area contributed by atoms with Crippen LogP contribution < -0.4 is 15.6 Å². The third kappa shape index (κ3) is 4.50. The average Bonchev–Trinajstić information content (AvgIpc) is 2.60. The van der Waals surface area contributed by atoms with Crippen molar-refractivity contribution in [2.24, 2.45) is 0 Å². The maximum Gasteiger partial charge on any atom is 0.311 e. The highest BCUT2D eigenvalue weighted by Gasteiger charge is 2.19. The average molecular weight is 347 g/mol. The summed E-state index contributed by atoms with van der Waals surface area (Å²) >= 11 is 0. The molecule has 9 heteroatoms. The lowest BCUT2D eigenvalue weighted by atomic mass is 10.2. The first kappa shape index (κ1) is 17.9. The number of hydrogen-bond donors (Lipinski definition) is 2. The summed E-state index contributed by atoms with van der Waals surface area (Å²) in [5, 5.41) is 11.0.